The van der Waals surface area contributed by atoms with Gasteiger partial charge in [-0.2, -0.15) is 0 Å². The van der Waals surface area contributed by atoms with Crippen LogP contribution < -0.4 is 5.32 Å². The summed E-state index contributed by atoms with van der Waals surface area (Å²) in [6.45, 7) is 4.89. The van der Waals surface area contributed by atoms with Gasteiger partial charge < -0.3 is 5.32 Å². The Morgan fingerprint density at radius 3 is 2.82 bits per heavy atom. The van der Waals surface area contributed by atoms with Crippen LogP contribution in [0.5, 0.6) is 0 Å². The van der Waals surface area contributed by atoms with Crippen LogP contribution >= 0.6 is 11.6 Å². The molecule has 0 spiro atoms. The van der Waals surface area contributed by atoms with Gasteiger partial charge >= 0.3 is 0 Å². The summed E-state index contributed by atoms with van der Waals surface area (Å²) in [6.07, 6.45) is 0. The lowest BCUT2D eigenvalue weighted by atomic mass is 10.3. The van der Waals surface area contributed by atoms with E-state index in [1.165, 1.54) is 0 Å². The molecule has 0 bridgehead atoms. The van der Waals surface area contributed by atoms with Crippen molar-refractivity contribution in [2.75, 3.05) is 11.9 Å². The molecule has 0 radical (unpaired) electrons. The van der Waals surface area contributed by atoms with Crippen molar-refractivity contribution in [3.05, 3.63) is 23.0 Å². The van der Waals surface area contributed by atoms with Gasteiger partial charge in [0.05, 0.1) is 11.4 Å². The molecular formula is C8H11ClN2. The van der Waals surface area contributed by atoms with Crippen molar-refractivity contribution >= 4 is 17.3 Å². The molecule has 0 atom stereocenters. The predicted octanol–water partition coefficient (Wildman–Crippen LogP) is 2.48. The predicted molar refractivity (Wildman–Crippen MR) is 48.1 cm³/mol. The summed E-state index contributed by atoms with van der Waals surface area (Å²) in [5, 5.41) is 3.73. The average Bonchev–Trinajstić information content (AvgIpc) is 1.95. The minimum atomic E-state index is 0.546. The molecule has 0 aromatic carbocycles. The third-order valence-corrected chi connectivity index (χ3v) is 1.63. The van der Waals surface area contributed by atoms with Gasteiger partial charge in [0.2, 0.25) is 0 Å². The van der Waals surface area contributed by atoms with Crippen molar-refractivity contribution < 1.29 is 0 Å². The number of hydrogen-bond donors (Lipinski definition) is 1. The summed E-state index contributed by atoms with van der Waals surface area (Å²) in [4.78, 5) is 4.10. The first-order valence-electron chi connectivity index (χ1n) is 3.61. The van der Waals surface area contributed by atoms with Gasteiger partial charge in [0, 0.05) is 6.54 Å². The molecule has 0 saturated heterocycles. The Bertz CT molecular complexity index is 248. The number of hydrogen-bond acceptors (Lipinski definition) is 2. The molecule has 0 fully saturated rings. The second-order valence-electron chi connectivity index (χ2n) is 2.30. The van der Waals surface area contributed by atoms with E-state index in [4.69, 9.17) is 11.6 Å². The van der Waals surface area contributed by atoms with Crippen LogP contribution in [0.2, 0.25) is 5.15 Å². The number of halogens is 1. The maximum Gasteiger partial charge on any atom is 0.129 e. The summed E-state index contributed by atoms with van der Waals surface area (Å²) in [5.41, 5.74) is 2.00. The molecule has 0 amide bonds. The molecule has 0 aliphatic carbocycles. The van der Waals surface area contributed by atoms with E-state index in [1.807, 2.05) is 19.9 Å². The minimum absolute atomic E-state index is 0.546. The summed E-state index contributed by atoms with van der Waals surface area (Å²) in [6, 6.07) is 3.72. The van der Waals surface area contributed by atoms with Crippen LogP contribution in [-0.4, -0.2) is 11.5 Å². The van der Waals surface area contributed by atoms with Crippen molar-refractivity contribution in [3.63, 3.8) is 0 Å². The van der Waals surface area contributed by atoms with Crippen LogP contribution in [0.25, 0.3) is 0 Å². The summed E-state index contributed by atoms with van der Waals surface area (Å²) >= 11 is 5.68. The zero-order valence-electron chi connectivity index (χ0n) is 6.69. The normalized spacial score (nSPS) is 9.73. The van der Waals surface area contributed by atoms with E-state index in [0.717, 1.165) is 17.9 Å². The van der Waals surface area contributed by atoms with Gasteiger partial charge in [-0.25, -0.2) is 4.98 Å². The van der Waals surface area contributed by atoms with Gasteiger partial charge in [-0.1, -0.05) is 11.6 Å². The van der Waals surface area contributed by atoms with E-state index in [9.17, 15) is 0 Å². The van der Waals surface area contributed by atoms with Crippen LogP contribution in [0.1, 0.15) is 12.6 Å². The maximum atomic E-state index is 5.68. The number of nitrogens with zero attached hydrogens (tertiary/aromatic N) is 1. The molecule has 0 aliphatic heterocycles. The van der Waals surface area contributed by atoms with E-state index >= 15 is 0 Å². The largest absolute Gasteiger partial charge is 0.384 e. The Morgan fingerprint density at radius 1 is 1.55 bits per heavy atom. The fourth-order valence-corrected chi connectivity index (χ4v) is 1.10. The minimum Gasteiger partial charge on any atom is -0.384 e. The van der Waals surface area contributed by atoms with Crippen LogP contribution in [0.4, 0.5) is 5.69 Å². The summed E-state index contributed by atoms with van der Waals surface area (Å²) < 4.78 is 0. The topological polar surface area (TPSA) is 24.9 Å². The number of nitrogens with one attached hydrogen (secondary N) is 1. The van der Waals surface area contributed by atoms with E-state index in [2.05, 4.69) is 10.3 Å². The number of rotatable bonds is 2. The lowest BCUT2D eigenvalue weighted by molar-refractivity contribution is 1.14. The van der Waals surface area contributed by atoms with Crippen LogP contribution in [0.15, 0.2) is 12.1 Å². The Morgan fingerprint density at radius 2 is 2.27 bits per heavy atom. The number of anilines is 1. The standard InChI is InChI=1S/C8H11ClN2/c1-3-10-7-4-5-8(9)11-6(7)2/h4-5,10H,3H2,1-2H3. The van der Waals surface area contributed by atoms with Crippen molar-refractivity contribution in [1.82, 2.24) is 4.98 Å². The molecule has 0 saturated carbocycles. The van der Waals surface area contributed by atoms with Gasteiger partial charge in [-0.05, 0) is 26.0 Å². The van der Waals surface area contributed by atoms with Gasteiger partial charge in [-0.15, -0.1) is 0 Å². The molecule has 60 valence electrons. The molecule has 1 aromatic rings. The number of aromatic nitrogens is 1. The Hall–Kier alpha value is -0.760. The average molecular weight is 171 g/mol. The van der Waals surface area contributed by atoms with Crippen LogP contribution in [-0.2, 0) is 0 Å². The van der Waals surface area contributed by atoms with Gasteiger partial charge in [0.1, 0.15) is 5.15 Å². The van der Waals surface area contributed by atoms with Gasteiger partial charge in [-0.3, -0.25) is 0 Å². The van der Waals surface area contributed by atoms with E-state index in [-0.39, 0.29) is 0 Å². The summed E-state index contributed by atoms with van der Waals surface area (Å²) in [5.74, 6) is 0. The first-order chi connectivity index (χ1) is 5.24. The maximum absolute atomic E-state index is 5.68. The van der Waals surface area contributed by atoms with Crippen molar-refractivity contribution in [2.45, 2.75) is 13.8 Å². The third kappa shape index (κ3) is 2.09. The fraction of sp³-hybridized carbons (Fsp3) is 0.375. The number of pyridine rings is 1. The highest BCUT2D eigenvalue weighted by atomic mass is 35.5. The second-order valence-corrected chi connectivity index (χ2v) is 2.68. The molecule has 1 rings (SSSR count). The lowest BCUT2D eigenvalue weighted by Crippen LogP contribution is -1.99. The Labute approximate surface area is 71.6 Å². The Balaban J connectivity index is 2.90. The third-order valence-electron chi connectivity index (χ3n) is 1.42. The van der Waals surface area contributed by atoms with Crippen LogP contribution in [0.3, 0.4) is 0 Å². The smallest absolute Gasteiger partial charge is 0.129 e. The highest BCUT2D eigenvalue weighted by Crippen LogP contribution is 2.14. The highest BCUT2D eigenvalue weighted by molar-refractivity contribution is 6.29. The lowest BCUT2D eigenvalue weighted by Gasteiger charge is -2.05. The van der Waals surface area contributed by atoms with Crippen LogP contribution in [0, 0.1) is 6.92 Å². The zero-order valence-corrected chi connectivity index (χ0v) is 7.44. The van der Waals surface area contributed by atoms with Crippen molar-refractivity contribution in [3.8, 4) is 0 Å². The van der Waals surface area contributed by atoms with Crippen molar-refractivity contribution in [2.24, 2.45) is 0 Å². The fourth-order valence-electron chi connectivity index (χ4n) is 0.908. The molecule has 0 unspecified atom stereocenters. The molecular weight excluding hydrogens is 160 g/mol. The molecule has 0 aliphatic rings. The quantitative estimate of drug-likeness (QED) is 0.690. The molecule has 3 heteroatoms. The first-order valence-corrected chi connectivity index (χ1v) is 3.99. The van der Waals surface area contributed by atoms with Gasteiger partial charge in [0.15, 0.2) is 0 Å². The zero-order chi connectivity index (χ0) is 8.27. The van der Waals surface area contributed by atoms with E-state index in [0.29, 0.717) is 5.15 Å². The summed E-state index contributed by atoms with van der Waals surface area (Å²) in [7, 11) is 0. The SMILES string of the molecule is CCNc1ccc(Cl)nc1C. The second kappa shape index (κ2) is 3.58. The van der Waals surface area contributed by atoms with E-state index < -0.39 is 0 Å². The molecule has 2 nitrogen and oxygen atoms in total. The monoisotopic (exact) mass is 170 g/mol. The molecule has 1 N–H and O–H groups in total. The van der Waals surface area contributed by atoms with Gasteiger partial charge in [0.25, 0.3) is 0 Å². The van der Waals surface area contributed by atoms with E-state index in [1.54, 1.807) is 6.07 Å². The molecule has 1 heterocycles. The first kappa shape index (κ1) is 8.34. The Kier molecular flexibility index (Phi) is 2.71. The molecule has 11 heavy (non-hydrogen) atoms. The van der Waals surface area contributed by atoms with Crippen molar-refractivity contribution in [1.29, 1.82) is 0 Å². The highest BCUT2D eigenvalue weighted by Gasteiger charge is 1.97. The number of aryl methyl sites for hydroxylation is 1. The molecule has 1 aromatic heterocycles.